The molecular weight excluding hydrogens is 314 g/mol. The number of rotatable bonds is 5. The largest absolute Gasteiger partial charge is 0.497 e. The van der Waals surface area contributed by atoms with Gasteiger partial charge in [0.25, 0.3) is 0 Å². The van der Waals surface area contributed by atoms with Crippen molar-refractivity contribution in [3.63, 3.8) is 0 Å². The van der Waals surface area contributed by atoms with E-state index in [0.29, 0.717) is 0 Å². The zero-order valence-electron chi connectivity index (χ0n) is 12.1. The van der Waals surface area contributed by atoms with Gasteiger partial charge >= 0.3 is 0 Å². The molecular formula is C17H20BrNO. The standard InChI is InChI=1S/C17H20BrNO/c1-4-19-17(13-5-7-16(20-3)8-6-13)14-9-12(2)10-15(18)11-14/h5-11,17,19H,4H2,1-3H3. The Morgan fingerprint density at radius 1 is 1.10 bits per heavy atom. The van der Waals surface area contributed by atoms with Crippen LogP contribution in [0.15, 0.2) is 46.9 Å². The van der Waals surface area contributed by atoms with Crippen LogP contribution in [-0.4, -0.2) is 13.7 Å². The summed E-state index contributed by atoms with van der Waals surface area (Å²) in [6.07, 6.45) is 0. The van der Waals surface area contributed by atoms with Gasteiger partial charge in [0, 0.05) is 4.47 Å². The first-order valence-corrected chi connectivity index (χ1v) is 7.57. The van der Waals surface area contributed by atoms with Gasteiger partial charge in [0.1, 0.15) is 5.75 Å². The minimum atomic E-state index is 0.196. The van der Waals surface area contributed by atoms with Gasteiger partial charge in [-0.25, -0.2) is 0 Å². The van der Waals surface area contributed by atoms with Gasteiger partial charge in [0.15, 0.2) is 0 Å². The number of methoxy groups -OCH3 is 1. The Morgan fingerprint density at radius 3 is 2.35 bits per heavy atom. The topological polar surface area (TPSA) is 21.3 Å². The van der Waals surface area contributed by atoms with Crippen molar-refractivity contribution in [3.05, 3.63) is 63.6 Å². The number of halogens is 1. The van der Waals surface area contributed by atoms with Crippen LogP contribution in [0.25, 0.3) is 0 Å². The molecule has 0 amide bonds. The molecule has 2 aromatic carbocycles. The smallest absolute Gasteiger partial charge is 0.118 e. The molecule has 0 aromatic heterocycles. The Kier molecular flexibility index (Phi) is 5.21. The number of ether oxygens (including phenoxy) is 1. The van der Waals surface area contributed by atoms with Crippen LogP contribution in [0.2, 0.25) is 0 Å². The van der Waals surface area contributed by atoms with Crippen LogP contribution < -0.4 is 10.1 Å². The number of benzene rings is 2. The van der Waals surface area contributed by atoms with Crippen molar-refractivity contribution in [3.8, 4) is 5.75 Å². The summed E-state index contributed by atoms with van der Waals surface area (Å²) >= 11 is 3.58. The number of hydrogen-bond acceptors (Lipinski definition) is 2. The maximum atomic E-state index is 5.22. The Morgan fingerprint density at radius 2 is 1.80 bits per heavy atom. The van der Waals surface area contributed by atoms with E-state index in [9.17, 15) is 0 Å². The second-order valence-electron chi connectivity index (χ2n) is 4.83. The fourth-order valence-corrected chi connectivity index (χ4v) is 2.99. The molecule has 0 spiro atoms. The zero-order valence-corrected chi connectivity index (χ0v) is 13.7. The average Bonchev–Trinajstić information content (AvgIpc) is 2.44. The maximum absolute atomic E-state index is 5.22. The van der Waals surface area contributed by atoms with Crippen LogP contribution >= 0.6 is 15.9 Å². The highest BCUT2D eigenvalue weighted by atomic mass is 79.9. The van der Waals surface area contributed by atoms with Crippen LogP contribution in [0.1, 0.15) is 29.7 Å². The second-order valence-corrected chi connectivity index (χ2v) is 5.74. The van der Waals surface area contributed by atoms with E-state index in [1.54, 1.807) is 7.11 Å². The van der Waals surface area contributed by atoms with Crippen LogP contribution in [0.3, 0.4) is 0 Å². The molecule has 1 unspecified atom stereocenters. The summed E-state index contributed by atoms with van der Waals surface area (Å²) in [5.74, 6) is 0.884. The second kappa shape index (κ2) is 6.91. The third kappa shape index (κ3) is 3.62. The van der Waals surface area contributed by atoms with Crippen molar-refractivity contribution in [2.75, 3.05) is 13.7 Å². The van der Waals surface area contributed by atoms with E-state index in [1.807, 2.05) is 12.1 Å². The van der Waals surface area contributed by atoms with Crippen molar-refractivity contribution in [1.82, 2.24) is 5.32 Å². The Balaban J connectivity index is 2.38. The predicted molar refractivity (Wildman–Crippen MR) is 87.4 cm³/mol. The Labute approximate surface area is 129 Å². The number of nitrogens with one attached hydrogen (secondary N) is 1. The van der Waals surface area contributed by atoms with Crippen LogP contribution in [0.4, 0.5) is 0 Å². The van der Waals surface area contributed by atoms with Crippen molar-refractivity contribution < 1.29 is 4.74 Å². The molecule has 0 aliphatic carbocycles. The average molecular weight is 334 g/mol. The molecule has 0 radical (unpaired) electrons. The highest BCUT2D eigenvalue weighted by Crippen LogP contribution is 2.27. The molecule has 1 atom stereocenters. The molecule has 0 aliphatic heterocycles. The molecule has 2 rings (SSSR count). The number of hydrogen-bond donors (Lipinski definition) is 1. The summed E-state index contributed by atoms with van der Waals surface area (Å²) in [6, 6.07) is 15.0. The van der Waals surface area contributed by atoms with E-state index in [-0.39, 0.29) is 6.04 Å². The monoisotopic (exact) mass is 333 g/mol. The van der Waals surface area contributed by atoms with E-state index in [1.165, 1.54) is 16.7 Å². The fourth-order valence-electron chi connectivity index (χ4n) is 2.36. The van der Waals surface area contributed by atoms with Crippen molar-refractivity contribution in [1.29, 1.82) is 0 Å². The number of aryl methyl sites for hydroxylation is 1. The molecule has 0 saturated carbocycles. The Bertz CT molecular complexity index is 545. The molecule has 0 saturated heterocycles. The third-order valence-corrected chi connectivity index (χ3v) is 3.71. The molecule has 2 nitrogen and oxygen atoms in total. The first kappa shape index (κ1) is 15.1. The van der Waals surface area contributed by atoms with E-state index in [2.05, 4.69) is 65.4 Å². The van der Waals surface area contributed by atoms with Gasteiger partial charge in [0.05, 0.1) is 13.2 Å². The Hall–Kier alpha value is -1.32. The van der Waals surface area contributed by atoms with Crippen LogP contribution in [-0.2, 0) is 0 Å². The van der Waals surface area contributed by atoms with Crippen molar-refractivity contribution in [2.24, 2.45) is 0 Å². The lowest BCUT2D eigenvalue weighted by atomic mass is 9.97. The first-order valence-electron chi connectivity index (χ1n) is 6.78. The maximum Gasteiger partial charge on any atom is 0.118 e. The van der Waals surface area contributed by atoms with E-state index < -0.39 is 0 Å². The van der Waals surface area contributed by atoms with Crippen molar-refractivity contribution >= 4 is 15.9 Å². The van der Waals surface area contributed by atoms with Gasteiger partial charge in [-0.05, 0) is 54.4 Å². The molecule has 0 fully saturated rings. The normalized spacial score (nSPS) is 12.2. The van der Waals surface area contributed by atoms with Gasteiger partial charge in [-0.2, -0.15) is 0 Å². The van der Waals surface area contributed by atoms with E-state index >= 15 is 0 Å². The SMILES string of the molecule is CCNC(c1ccc(OC)cc1)c1cc(C)cc(Br)c1. The highest BCUT2D eigenvalue weighted by Gasteiger charge is 2.13. The van der Waals surface area contributed by atoms with Crippen LogP contribution in [0, 0.1) is 6.92 Å². The lowest BCUT2D eigenvalue weighted by Crippen LogP contribution is -2.22. The first-order chi connectivity index (χ1) is 9.63. The lowest BCUT2D eigenvalue weighted by Gasteiger charge is -2.20. The summed E-state index contributed by atoms with van der Waals surface area (Å²) < 4.78 is 6.34. The zero-order chi connectivity index (χ0) is 14.5. The van der Waals surface area contributed by atoms with Crippen molar-refractivity contribution in [2.45, 2.75) is 19.9 Å². The highest BCUT2D eigenvalue weighted by molar-refractivity contribution is 9.10. The summed E-state index contributed by atoms with van der Waals surface area (Å²) in [7, 11) is 1.69. The van der Waals surface area contributed by atoms with E-state index in [4.69, 9.17) is 4.74 Å². The summed E-state index contributed by atoms with van der Waals surface area (Å²) in [6.45, 7) is 5.16. The molecule has 0 aliphatic rings. The summed E-state index contributed by atoms with van der Waals surface area (Å²) in [4.78, 5) is 0. The van der Waals surface area contributed by atoms with Gasteiger partial charge in [0.2, 0.25) is 0 Å². The lowest BCUT2D eigenvalue weighted by molar-refractivity contribution is 0.414. The minimum Gasteiger partial charge on any atom is -0.497 e. The third-order valence-electron chi connectivity index (χ3n) is 3.26. The van der Waals surface area contributed by atoms with Gasteiger partial charge in [-0.1, -0.05) is 41.1 Å². The fraction of sp³-hybridized carbons (Fsp3) is 0.294. The molecule has 20 heavy (non-hydrogen) atoms. The molecule has 0 heterocycles. The quantitative estimate of drug-likeness (QED) is 0.871. The molecule has 0 bridgehead atoms. The predicted octanol–water partition coefficient (Wildman–Crippen LogP) is 4.47. The summed E-state index contributed by atoms with van der Waals surface area (Å²) in [5, 5.41) is 3.55. The minimum absolute atomic E-state index is 0.196. The molecule has 1 N–H and O–H groups in total. The molecule has 3 heteroatoms. The van der Waals surface area contributed by atoms with Crippen LogP contribution in [0.5, 0.6) is 5.75 Å². The van der Waals surface area contributed by atoms with Gasteiger partial charge in [-0.15, -0.1) is 0 Å². The molecule has 2 aromatic rings. The van der Waals surface area contributed by atoms with E-state index in [0.717, 1.165) is 16.8 Å². The van der Waals surface area contributed by atoms with Gasteiger partial charge < -0.3 is 10.1 Å². The van der Waals surface area contributed by atoms with Gasteiger partial charge in [-0.3, -0.25) is 0 Å². The summed E-state index contributed by atoms with van der Waals surface area (Å²) in [5.41, 5.74) is 3.76. The molecule has 106 valence electrons.